The van der Waals surface area contributed by atoms with Gasteiger partial charge >= 0.3 is 6.01 Å². The van der Waals surface area contributed by atoms with E-state index in [0.717, 1.165) is 30.2 Å². The Morgan fingerprint density at radius 2 is 1.75 bits per heavy atom. The molecule has 2 N–H and O–H groups in total. The van der Waals surface area contributed by atoms with E-state index < -0.39 is 11.6 Å². The maximum Gasteiger partial charge on any atom is 0.321 e. The first-order chi connectivity index (χ1) is 9.56. The molecule has 0 aliphatic carbocycles. The first kappa shape index (κ1) is 14.3. The van der Waals surface area contributed by atoms with Crippen molar-refractivity contribution in [2.24, 2.45) is 5.73 Å². The molecular formula is C14H15F2N3O. The van der Waals surface area contributed by atoms with Crippen LogP contribution >= 0.6 is 0 Å². The normalized spacial score (nSPS) is 12.2. The second-order valence-corrected chi connectivity index (χ2v) is 4.45. The Balaban J connectivity index is 2.06. The van der Waals surface area contributed by atoms with E-state index in [4.69, 9.17) is 10.5 Å². The molecular weight excluding hydrogens is 264 g/mol. The number of nitrogens with zero attached hydrogens (tertiary/aromatic N) is 2. The second-order valence-electron chi connectivity index (χ2n) is 4.45. The second kappa shape index (κ2) is 6.38. The Morgan fingerprint density at radius 3 is 2.30 bits per heavy atom. The van der Waals surface area contributed by atoms with Crippen LogP contribution in [0.5, 0.6) is 11.8 Å². The van der Waals surface area contributed by atoms with Gasteiger partial charge in [-0.3, -0.25) is 0 Å². The van der Waals surface area contributed by atoms with Gasteiger partial charge in [0, 0.05) is 36.6 Å². The first-order valence-corrected chi connectivity index (χ1v) is 6.27. The number of aromatic nitrogens is 2. The molecule has 0 radical (unpaired) electrons. The standard InChI is InChI=1S/C14H15F2N3O/c1-2-12(17)3-9-7-18-14(19-8-9)20-13-5-10(15)4-11(16)6-13/h4-8,12H,2-3,17H2,1H3. The summed E-state index contributed by atoms with van der Waals surface area (Å²) in [7, 11) is 0. The van der Waals surface area contributed by atoms with Crippen molar-refractivity contribution in [2.45, 2.75) is 25.8 Å². The van der Waals surface area contributed by atoms with E-state index in [9.17, 15) is 8.78 Å². The maximum atomic E-state index is 13.0. The van der Waals surface area contributed by atoms with Gasteiger partial charge in [-0.05, 0) is 18.4 Å². The molecule has 4 nitrogen and oxygen atoms in total. The minimum atomic E-state index is -0.717. The fourth-order valence-electron chi connectivity index (χ4n) is 1.64. The SMILES string of the molecule is CCC(N)Cc1cnc(Oc2cc(F)cc(F)c2)nc1. The topological polar surface area (TPSA) is 61.0 Å². The minimum absolute atomic E-state index is 0.0144. The summed E-state index contributed by atoms with van der Waals surface area (Å²) in [4.78, 5) is 7.97. The van der Waals surface area contributed by atoms with Crippen LogP contribution in [0.4, 0.5) is 8.78 Å². The Bertz CT molecular complexity index is 555. The molecule has 0 saturated heterocycles. The maximum absolute atomic E-state index is 13.0. The van der Waals surface area contributed by atoms with Crippen LogP contribution in [-0.2, 0) is 6.42 Å². The molecule has 0 aliphatic heterocycles. The molecule has 0 spiro atoms. The first-order valence-electron chi connectivity index (χ1n) is 6.27. The number of hydrogen-bond donors (Lipinski definition) is 1. The molecule has 1 aromatic carbocycles. The molecule has 106 valence electrons. The van der Waals surface area contributed by atoms with Gasteiger partial charge in [0.2, 0.25) is 0 Å². The van der Waals surface area contributed by atoms with Crippen LogP contribution in [0.3, 0.4) is 0 Å². The predicted octanol–water partition coefficient (Wildman–Crippen LogP) is 2.83. The van der Waals surface area contributed by atoms with Crippen molar-refractivity contribution in [2.75, 3.05) is 0 Å². The number of rotatable bonds is 5. The van der Waals surface area contributed by atoms with Gasteiger partial charge < -0.3 is 10.5 Å². The van der Waals surface area contributed by atoms with E-state index >= 15 is 0 Å². The van der Waals surface area contributed by atoms with Crippen molar-refractivity contribution < 1.29 is 13.5 Å². The summed E-state index contributed by atoms with van der Waals surface area (Å²) in [5, 5.41) is 0. The third-order valence-corrected chi connectivity index (χ3v) is 2.75. The van der Waals surface area contributed by atoms with Crippen LogP contribution in [-0.4, -0.2) is 16.0 Å². The van der Waals surface area contributed by atoms with Crippen LogP contribution in [0.15, 0.2) is 30.6 Å². The molecule has 6 heteroatoms. The number of benzene rings is 1. The van der Waals surface area contributed by atoms with E-state index in [-0.39, 0.29) is 17.8 Å². The zero-order valence-electron chi connectivity index (χ0n) is 11.0. The highest BCUT2D eigenvalue weighted by Crippen LogP contribution is 2.20. The highest BCUT2D eigenvalue weighted by molar-refractivity contribution is 5.26. The molecule has 0 amide bonds. The molecule has 1 heterocycles. The number of halogens is 2. The monoisotopic (exact) mass is 279 g/mol. The summed E-state index contributed by atoms with van der Waals surface area (Å²) in [6, 6.07) is 2.98. The summed E-state index contributed by atoms with van der Waals surface area (Å²) in [5.41, 5.74) is 6.72. The highest BCUT2D eigenvalue weighted by Gasteiger charge is 2.06. The van der Waals surface area contributed by atoms with Crippen molar-refractivity contribution in [1.29, 1.82) is 0 Å². The summed E-state index contributed by atoms with van der Waals surface area (Å²) in [5.74, 6) is -1.42. The summed E-state index contributed by atoms with van der Waals surface area (Å²) < 4.78 is 31.2. The van der Waals surface area contributed by atoms with E-state index in [1.165, 1.54) is 0 Å². The lowest BCUT2D eigenvalue weighted by Gasteiger charge is -2.08. The van der Waals surface area contributed by atoms with Crippen molar-refractivity contribution >= 4 is 0 Å². The zero-order chi connectivity index (χ0) is 14.5. The molecule has 20 heavy (non-hydrogen) atoms. The molecule has 1 atom stereocenters. The predicted molar refractivity (Wildman–Crippen MR) is 70.4 cm³/mol. The number of hydrogen-bond acceptors (Lipinski definition) is 4. The Kier molecular flexibility index (Phi) is 4.57. The Hall–Kier alpha value is -2.08. The van der Waals surface area contributed by atoms with Crippen LogP contribution in [0.2, 0.25) is 0 Å². The van der Waals surface area contributed by atoms with Gasteiger partial charge in [0.1, 0.15) is 17.4 Å². The lowest BCUT2D eigenvalue weighted by Crippen LogP contribution is -2.21. The number of nitrogens with two attached hydrogens (primary N) is 1. The van der Waals surface area contributed by atoms with Gasteiger partial charge in [0.05, 0.1) is 0 Å². The molecule has 2 rings (SSSR count). The van der Waals surface area contributed by atoms with Gasteiger partial charge in [-0.1, -0.05) is 6.92 Å². The van der Waals surface area contributed by atoms with Crippen LogP contribution < -0.4 is 10.5 Å². The van der Waals surface area contributed by atoms with Crippen molar-refractivity contribution in [3.8, 4) is 11.8 Å². The lowest BCUT2D eigenvalue weighted by molar-refractivity contribution is 0.431. The molecule has 1 aromatic heterocycles. The Labute approximate surface area is 115 Å². The quantitative estimate of drug-likeness (QED) is 0.914. The average molecular weight is 279 g/mol. The zero-order valence-corrected chi connectivity index (χ0v) is 11.0. The van der Waals surface area contributed by atoms with E-state index in [0.29, 0.717) is 6.42 Å². The van der Waals surface area contributed by atoms with Gasteiger partial charge in [-0.2, -0.15) is 0 Å². The largest absolute Gasteiger partial charge is 0.424 e. The van der Waals surface area contributed by atoms with E-state index in [1.54, 1.807) is 12.4 Å². The van der Waals surface area contributed by atoms with Gasteiger partial charge in [0.25, 0.3) is 0 Å². The van der Waals surface area contributed by atoms with Gasteiger partial charge in [-0.15, -0.1) is 0 Å². The molecule has 2 aromatic rings. The van der Waals surface area contributed by atoms with Crippen LogP contribution in [0.25, 0.3) is 0 Å². The van der Waals surface area contributed by atoms with Crippen molar-refractivity contribution in [3.05, 3.63) is 47.8 Å². The fraction of sp³-hybridized carbons (Fsp3) is 0.286. The summed E-state index contributed by atoms with van der Waals surface area (Å²) >= 11 is 0. The molecule has 1 unspecified atom stereocenters. The smallest absolute Gasteiger partial charge is 0.321 e. The molecule has 0 aliphatic rings. The van der Waals surface area contributed by atoms with Gasteiger partial charge in [0.15, 0.2) is 0 Å². The minimum Gasteiger partial charge on any atom is -0.424 e. The third kappa shape index (κ3) is 3.96. The van der Waals surface area contributed by atoms with Crippen LogP contribution in [0.1, 0.15) is 18.9 Å². The average Bonchev–Trinajstić information content (AvgIpc) is 2.39. The van der Waals surface area contributed by atoms with E-state index in [1.807, 2.05) is 6.92 Å². The van der Waals surface area contributed by atoms with Crippen LogP contribution in [0, 0.1) is 11.6 Å². The molecule has 0 bridgehead atoms. The summed E-state index contributed by atoms with van der Waals surface area (Å²) in [6.07, 6.45) is 4.72. The lowest BCUT2D eigenvalue weighted by atomic mass is 10.1. The number of ether oxygens (including phenoxy) is 1. The summed E-state index contributed by atoms with van der Waals surface area (Å²) in [6.45, 7) is 2.00. The Morgan fingerprint density at radius 1 is 1.15 bits per heavy atom. The van der Waals surface area contributed by atoms with Crippen molar-refractivity contribution in [1.82, 2.24) is 9.97 Å². The van der Waals surface area contributed by atoms with Gasteiger partial charge in [-0.25, -0.2) is 18.7 Å². The highest BCUT2D eigenvalue weighted by atomic mass is 19.1. The van der Waals surface area contributed by atoms with E-state index in [2.05, 4.69) is 9.97 Å². The fourth-order valence-corrected chi connectivity index (χ4v) is 1.64. The molecule has 0 fully saturated rings. The van der Waals surface area contributed by atoms with Crippen molar-refractivity contribution in [3.63, 3.8) is 0 Å². The molecule has 0 saturated carbocycles. The third-order valence-electron chi connectivity index (χ3n) is 2.75.